The Morgan fingerprint density at radius 2 is 1.89 bits per heavy atom. The predicted octanol–water partition coefficient (Wildman–Crippen LogP) is 3.01. The molecule has 0 aliphatic heterocycles. The van der Waals surface area contributed by atoms with Crippen molar-refractivity contribution in [3.05, 3.63) is 89.1 Å². The Balaban J connectivity index is 2.01. The molecule has 8 heteroatoms. The Morgan fingerprint density at radius 1 is 1.15 bits per heavy atom. The summed E-state index contributed by atoms with van der Waals surface area (Å²) in [5.41, 5.74) is 0.806. The van der Waals surface area contributed by atoms with E-state index < -0.39 is 15.0 Å². The van der Waals surface area contributed by atoms with Crippen LogP contribution in [0.1, 0.15) is 18.9 Å². The Hall–Kier alpha value is -2.48. The molecule has 0 unspecified atom stereocenters. The zero-order chi connectivity index (χ0) is 19.5. The maximum atomic E-state index is 12.7. The van der Waals surface area contributed by atoms with Crippen LogP contribution < -0.4 is 10.3 Å². The standard InChI is InChI=1S/C19H18ClN3O3S/c1-2-19(20,22-27(25,26)17-9-4-3-5-10-17)15-7-6-8-16(13-15)23-12-11-21-14-18(23)24/h3-14,22H,2H2,1H3/t19-/m1/s1. The van der Waals surface area contributed by atoms with Gasteiger partial charge in [0.1, 0.15) is 5.00 Å². The third-order valence-electron chi connectivity index (χ3n) is 4.14. The van der Waals surface area contributed by atoms with Crippen molar-refractivity contribution in [2.45, 2.75) is 23.2 Å². The molecule has 0 aliphatic rings. The molecular formula is C19H18ClN3O3S. The first-order chi connectivity index (χ1) is 12.9. The van der Waals surface area contributed by atoms with Gasteiger partial charge in [0.15, 0.2) is 0 Å². The second-order valence-corrected chi connectivity index (χ2v) is 8.24. The first-order valence-corrected chi connectivity index (χ1v) is 10.1. The molecule has 0 aliphatic carbocycles. The smallest absolute Gasteiger partial charge is 0.273 e. The van der Waals surface area contributed by atoms with Crippen LogP contribution in [-0.4, -0.2) is 18.0 Å². The number of benzene rings is 2. The Bertz CT molecular complexity index is 1100. The molecule has 0 amide bonds. The lowest BCUT2D eigenvalue weighted by atomic mass is 10.0. The summed E-state index contributed by atoms with van der Waals surface area (Å²) in [6.07, 6.45) is 4.55. The molecule has 140 valence electrons. The molecule has 0 saturated carbocycles. The van der Waals surface area contributed by atoms with Gasteiger partial charge in [0.05, 0.1) is 11.1 Å². The van der Waals surface area contributed by atoms with E-state index in [2.05, 4.69) is 9.71 Å². The van der Waals surface area contributed by atoms with Crippen molar-refractivity contribution in [3.63, 3.8) is 0 Å². The van der Waals surface area contributed by atoms with Crippen molar-refractivity contribution < 1.29 is 8.42 Å². The highest BCUT2D eigenvalue weighted by molar-refractivity contribution is 7.89. The predicted molar refractivity (Wildman–Crippen MR) is 104 cm³/mol. The Kier molecular flexibility index (Phi) is 5.46. The van der Waals surface area contributed by atoms with Crippen LogP contribution in [0.2, 0.25) is 0 Å². The normalized spacial score (nSPS) is 13.9. The lowest BCUT2D eigenvalue weighted by Crippen LogP contribution is -2.41. The van der Waals surface area contributed by atoms with Crippen LogP contribution in [0.5, 0.6) is 0 Å². The number of nitrogens with zero attached hydrogens (tertiary/aromatic N) is 2. The number of hydrogen-bond acceptors (Lipinski definition) is 4. The SMILES string of the molecule is CC[C@@](Cl)(NS(=O)(=O)c1ccccc1)c1cccc(-n2ccncc2=O)c1. The van der Waals surface area contributed by atoms with Gasteiger partial charge in [-0.2, -0.15) is 4.72 Å². The summed E-state index contributed by atoms with van der Waals surface area (Å²) < 4.78 is 29.5. The van der Waals surface area contributed by atoms with E-state index in [1.165, 1.54) is 35.3 Å². The van der Waals surface area contributed by atoms with Gasteiger partial charge in [-0.3, -0.25) is 14.3 Å². The highest BCUT2D eigenvalue weighted by Gasteiger charge is 2.33. The van der Waals surface area contributed by atoms with E-state index in [1.807, 2.05) is 0 Å². The van der Waals surface area contributed by atoms with Crippen molar-refractivity contribution >= 4 is 21.6 Å². The second kappa shape index (κ2) is 7.64. The molecule has 0 spiro atoms. The zero-order valence-electron chi connectivity index (χ0n) is 14.5. The van der Waals surface area contributed by atoms with Gasteiger partial charge in [-0.1, -0.05) is 48.9 Å². The molecule has 0 radical (unpaired) electrons. The van der Waals surface area contributed by atoms with E-state index in [4.69, 9.17) is 11.6 Å². The van der Waals surface area contributed by atoms with Crippen LogP contribution in [0.4, 0.5) is 0 Å². The number of sulfonamides is 1. The summed E-state index contributed by atoms with van der Waals surface area (Å²) in [6, 6.07) is 14.9. The number of hydrogen-bond donors (Lipinski definition) is 1. The van der Waals surface area contributed by atoms with E-state index in [9.17, 15) is 13.2 Å². The van der Waals surface area contributed by atoms with Gasteiger partial charge in [0.2, 0.25) is 10.0 Å². The minimum Gasteiger partial charge on any atom is -0.281 e. The first-order valence-electron chi connectivity index (χ1n) is 8.27. The van der Waals surface area contributed by atoms with Crippen LogP contribution in [0.3, 0.4) is 0 Å². The number of halogens is 1. The first kappa shape index (κ1) is 19.3. The molecule has 27 heavy (non-hydrogen) atoms. The van der Waals surface area contributed by atoms with Crippen LogP contribution in [0.25, 0.3) is 5.69 Å². The number of nitrogens with one attached hydrogen (secondary N) is 1. The lowest BCUT2D eigenvalue weighted by Gasteiger charge is -2.28. The fourth-order valence-electron chi connectivity index (χ4n) is 2.67. The number of aromatic nitrogens is 2. The van der Waals surface area contributed by atoms with Gasteiger partial charge in [0.25, 0.3) is 5.56 Å². The summed E-state index contributed by atoms with van der Waals surface area (Å²) in [4.78, 5) is 14.6. The van der Waals surface area contributed by atoms with Crippen molar-refractivity contribution in [1.29, 1.82) is 0 Å². The van der Waals surface area contributed by atoms with Gasteiger partial charge < -0.3 is 0 Å². The van der Waals surface area contributed by atoms with Gasteiger partial charge in [-0.15, -0.1) is 0 Å². The summed E-state index contributed by atoms with van der Waals surface area (Å²) >= 11 is 6.69. The molecule has 1 N–H and O–H groups in total. The Morgan fingerprint density at radius 3 is 2.56 bits per heavy atom. The van der Waals surface area contributed by atoms with Crippen molar-refractivity contribution in [1.82, 2.24) is 14.3 Å². The highest BCUT2D eigenvalue weighted by atomic mass is 35.5. The molecule has 3 rings (SSSR count). The second-order valence-electron chi connectivity index (χ2n) is 5.91. The highest BCUT2D eigenvalue weighted by Crippen LogP contribution is 2.32. The molecule has 1 aromatic heterocycles. The Labute approximate surface area is 162 Å². The summed E-state index contributed by atoms with van der Waals surface area (Å²) in [5.74, 6) is 0. The molecule has 1 atom stereocenters. The third kappa shape index (κ3) is 4.10. The van der Waals surface area contributed by atoms with E-state index >= 15 is 0 Å². The molecule has 3 aromatic rings. The van der Waals surface area contributed by atoms with E-state index in [0.717, 1.165) is 0 Å². The van der Waals surface area contributed by atoms with Gasteiger partial charge in [-0.25, -0.2) is 8.42 Å². The maximum absolute atomic E-state index is 12.7. The average molecular weight is 404 g/mol. The number of rotatable bonds is 6. The van der Waals surface area contributed by atoms with Crippen LogP contribution >= 0.6 is 11.6 Å². The monoisotopic (exact) mass is 403 g/mol. The third-order valence-corrected chi connectivity index (χ3v) is 6.34. The summed E-state index contributed by atoms with van der Waals surface area (Å²) in [7, 11) is -3.82. The quantitative estimate of drug-likeness (QED) is 0.506. The van der Waals surface area contributed by atoms with Crippen LogP contribution in [0, 0.1) is 0 Å². The topological polar surface area (TPSA) is 81.1 Å². The van der Waals surface area contributed by atoms with Crippen LogP contribution in [-0.2, 0) is 15.0 Å². The van der Waals surface area contributed by atoms with Gasteiger partial charge in [-0.05, 0) is 36.2 Å². The minimum absolute atomic E-state index is 0.130. The maximum Gasteiger partial charge on any atom is 0.273 e. The fourth-order valence-corrected chi connectivity index (χ4v) is 4.41. The summed E-state index contributed by atoms with van der Waals surface area (Å²) in [6.45, 7) is 1.78. The van der Waals surface area contributed by atoms with Crippen LogP contribution in [0.15, 0.2) is 82.9 Å². The fraction of sp³-hybridized carbons (Fsp3) is 0.158. The number of alkyl halides is 1. The van der Waals surface area contributed by atoms with E-state index in [-0.39, 0.29) is 10.5 Å². The molecule has 0 fully saturated rings. The van der Waals surface area contributed by atoms with Gasteiger partial charge >= 0.3 is 0 Å². The molecule has 0 saturated heterocycles. The molecule has 2 aromatic carbocycles. The van der Waals surface area contributed by atoms with Gasteiger partial charge in [0, 0.05) is 18.1 Å². The average Bonchev–Trinajstić information content (AvgIpc) is 2.69. The van der Waals surface area contributed by atoms with E-state index in [1.54, 1.807) is 49.4 Å². The zero-order valence-corrected chi connectivity index (χ0v) is 16.1. The largest absolute Gasteiger partial charge is 0.281 e. The van der Waals surface area contributed by atoms with E-state index in [0.29, 0.717) is 17.7 Å². The summed E-state index contributed by atoms with van der Waals surface area (Å²) in [5, 5.41) is 0. The van der Waals surface area contributed by atoms with Crippen molar-refractivity contribution in [2.24, 2.45) is 0 Å². The molecule has 6 nitrogen and oxygen atoms in total. The minimum atomic E-state index is -3.82. The molecular weight excluding hydrogens is 386 g/mol. The molecule has 1 heterocycles. The lowest BCUT2D eigenvalue weighted by molar-refractivity contribution is 0.515. The molecule has 0 bridgehead atoms. The van der Waals surface area contributed by atoms with Crippen molar-refractivity contribution in [2.75, 3.05) is 0 Å². The van der Waals surface area contributed by atoms with Crippen molar-refractivity contribution in [3.8, 4) is 5.69 Å².